The molecule has 0 spiro atoms. The zero-order valence-corrected chi connectivity index (χ0v) is 14.3. The van der Waals surface area contributed by atoms with Crippen LogP contribution in [0.25, 0.3) is 0 Å². The van der Waals surface area contributed by atoms with Crippen molar-refractivity contribution < 1.29 is 9.53 Å². The van der Waals surface area contributed by atoms with Crippen LogP contribution in [-0.2, 0) is 0 Å². The van der Waals surface area contributed by atoms with E-state index in [0.29, 0.717) is 10.6 Å². The Balaban J connectivity index is 1.90. The smallest absolute Gasteiger partial charge is 0.251 e. The molecule has 0 aliphatic carbocycles. The third-order valence-corrected chi connectivity index (χ3v) is 4.25. The van der Waals surface area contributed by atoms with E-state index in [-0.39, 0.29) is 17.6 Å². The topological polar surface area (TPSA) is 38.3 Å². The van der Waals surface area contributed by atoms with Crippen molar-refractivity contribution >= 4 is 17.5 Å². The Labute approximate surface area is 141 Å². The van der Waals surface area contributed by atoms with Crippen molar-refractivity contribution in [3.05, 3.63) is 64.2 Å². The highest BCUT2D eigenvalue weighted by Crippen LogP contribution is 2.40. The largest absolute Gasteiger partial charge is 0.487 e. The highest BCUT2D eigenvalue weighted by atomic mass is 35.5. The van der Waals surface area contributed by atoms with Crippen molar-refractivity contribution in [3.63, 3.8) is 0 Å². The SMILES string of the molecule is Cc1ccc2c(c1)[C@H](NC(=O)c1cccc(Cl)c1)CC(C)(C)O2. The first-order chi connectivity index (χ1) is 10.8. The van der Waals surface area contributed by atoms with E-state index in [9.17, 15) is 4.79 Å². The minimum absolute atomic E-state index is 0.0832. The van der Waals surface area contributed by atoms with Crippen LogP contribution in [0.4, 0.5) is 0 Å². The molecule has 120 valence electrons. The number of nitrogens with one attached hydrogen (secondary N) is 1. The molecule has 3 rings (SSSR count). The number of halogens is 1. The summed E-state index contributed by atoms with van der Waals surface area (Å²) < 4.78 is 6.04. The van der Waals surface area contributed by atoms with Gasteiger partial charge in [0.2, 0.25) is 0 Å². The first-order valence-electron chi connectivity index (χ1n) is 7.70. The van der Waals surface area contributed by atoms with Crippen LogP contribution < -0.4 is 10.1 Å². The van der Waals surface area contributed by atoms with Crippen molar-refractivity contribution in [3.8, 4) is 5.75 Å². The molecule has 0 fully saturated rings. The van der Waals surface area contributed by atoms with Crippen molar-refractivity contribution in [2.45, 2.75) is 38.8 Å². The molecule has 2 aromatic rings. The number of ether oxygens (including phenoxy) is 1. The monoisotopic (exact) mass is 329 g/mol. The minimum atomic E-state index is -0.325. The van der Waals surface area contributed by atoms with Crippen molar-refractivity contribution in [1.82, 2.24) is 5.32 Å². The third kappa shape index (κ3) is 3.50. The summed E-state index contributed by atoms with van der Waals surface area (Å²) >= 11 is 5.98. The molecule has 0 unspecified atom stereocenters. The van der Waals surface area contributed by atoms with E-state index in [1.165, 1.54) is 0 Å². The maximum absolute atomic E-state index is 12.6. The Morgan fingerprint density at radius 1 is 1.26 bits per heavy atom. The van der Waals surface area contributed by atoms with E-state index in [0.717, 1.165) is 23.3 Å². The number of aryl methyl sites for hydroxylation is 1. The van der Waals surface area contributed by atoms with Crippen LogP contribution in [0.1, 0.15) is 47.8 Å². The number of carbonyl (C=O) groups excluding carboxylic acids is 1. The van der Waals surface area contributed by atoms with E-state index in [1.807, 2.05) is 32.9 Å². The van der Waals surface area contributed by atoms with Crippen LogP contribution >= 0.6 is 11.6 Å². The number of benzene rings is 2. The van der Waals surface area contributed by atoms with Crippen LogP contribution in [0.5, 0.6) is 5.75 Å². The number of amides is 1. The minimum Gasteiger partial charge on any atom is -0.487 e. The summed E-state index contributed by atoms with van der Waals surface area (Å²) in [6.45, 7) is 6.11. The molecule has 1 aliphatic heterocycles. The molecule has 1 heterocycles. The van der Waals surface area contributed by atoms with Gasteiger partial charge in [0.15, 0.2) is 0 Å². The lowest BCUT2D eigenvalue weighted by Gasteiger charge is -2.38. The maximum Gasteiger partial charge on any atom is 0.251 e. The second kappa shape index (κ2) is 5.89. The van der Waals surface area contributed by atoms with Gasteiger partial charge in [-0.05, 0) is 45.0 Å². The average Bonchev–Trinajstić information content (AvgIpc) is 2.47. The molecule has 0 saturated carbocycles. The van der Waals surface area contributed by atoms with Gasteiger partial charge in [0.05, 0.1) is 6.04 Å². The lowest BCUT2D eigenvalue weighted by atomic mass is 9.88. The molecule has 3 nitrogen and oxygen atoms in total. The first-order valence-corrected chi connectivity index (χ1v) is 8.08. The van der Waals surface area contributed by atoms with E-state index in [1.54, 1.807) is 24.3 Å². The van der Waals surface area contributed by atoms with Crippen LogP contribution in [0.3, 0.4) is 0 Å². The predicted molar refractivity (Wildman–Crippen MR) is 92.2 cm³/mol. The van der Waals surface area contributed by atoms with Crippen molar-refractivity contribution in [2.75, 3.05) is 0 Å². The second-order valence-electron chi connectivity index (χ2n) is 6.64. The van der Waals surface area contributed by atoms with Crippen molar-refractivity contribution in [1.29, 1.82) is 0 Å². The summed E-state index contributed by atoms with van der Waals surface area (Å²) in [6, 6.07) is 13.0. The van der Waals surface area contributed by atoms with Gasteiger partial charge in [0, 0.05) is 22.6 Å². The Morgan fingerprint density at radius 2 is 2.04 bits per heavy atom. The molecule has 2 aromatic carbocycles. The maximum atomic E-state index is 12.6. The van der Waals surface area contributed by atoms with Gasteiger partial charge in [-0.3, -0.25) is 4.79 Å². The molecular weight excluding hydrogens is 310 g/mol. The third-order valence-electron chi connectivity index (χ3n) is 4.01. The summed E-state index contributed by atoms with van der Waals surface area (Å²) in [5.41, 5.74) is 2.42. The molecule has 4 heteroatoms. The lowest BCUT2D eigenvalue weighted by Crippen LogP contribution is -2.41. The summed E-state index contributed by atoms with van der Waals surface area (Å²) in [7, 11) is 0. The van der Waals surface area contributed by atoms with Gasteiger partial charge >= 0.3 is 0 Å². The van der Waals surface area contributed by atoms with Crippen LogP contribution in [0.15, 0.2) is 42.5 Å². The van der Waals surface area contributed by atoms with Gasteiger partial charge in [-0.15, -0.1) is 0 Å². The zero-order chi connectivity index (χ0) is 16.6. The van der Waals surface area contributed by atoms with Gasteiger partial charge in [0.25, 0.3) is 5.91 Å². The summed E-state index contributed by atoms with van der Waals surface area (Å²) in [5, 5.41) is 3.68. The molecule has 0 bridgehead atoms. The van der Waals surface area contributed by atoms with E-state index in [2.05, 4.69) is 11.4 Å². The van der Waals surface area contributed by atoms with E-state index in [4.69, 9.17) is 16.3 Å². The highest BCUT2D eigenvalue weighted by Gasteiger charge is 2.34. The van der Waals surface area contributed by atoms with Gasteiger partial charge in [-0.1, -0.05) is 35.4 Å². The number of fused-ring (bicyclic) bond motifs is 1. The fourth-order valence-corrected chi connectivity index (χ4v) is 3.16. The highest BCUT2D eigenvalue weighted by molar-refractivity contribution is 6.30. The molecule has 0 radical (unpaired) electrons. The fraction of sp³-hybridized carbons (Fsp3) is 0.316. The average molecular weight is 330 g/mol. The standard InChI is InChI=1S/C19H20ClNO2/c1-12-7-8-17-15(9-12)16(11-19(2,3)23-17)21-18(22)13-5-4-6-14(20)10-13/h4-10,16H,11H2,1-3H3,(H,21,22)/t16-/m1/s1. The van der Waals surface area contributed by atoms with Gasteiger partial charge in [0.1, 0.15) is 11.4 Å². The van der Waals surface area contributed by atoms with E-state index < -0.39 is 0 Å². The molecular formula is C19H20ClNO2. The Hall–Kier alpha value is -2.00. The zero-order valence-electron chi connectivity index (χ0n) is 13.5. The second-order valence-corrected chi connectivity index (χ2v) is 7.08. The molecule has 0 aromatic heterocycles. The Bertz CT molecular complexity index is 755. The molecule has 1 aliphatic rings. The van der Waals surface area contributed by atoms with Crippen molar-refractivity contribution in [2.24, 2.45) is 0 Å². The molecule has 1 N–H and O–H groups in total. The number of rotatable bonds is 2. The summed E-state index contributed by atoms with van der Waals surface area (Å²) in [4.78, 5) is 12.6. The van der Waals surface area contributed by atoms with Gasteiger partial charge < -0.3 is 10.1 Å². The number of hydrogen-bond donors (Lipinski definition) is 1. The summed E-state index contributed by atoms with van der Waals surface area (Å²) in [5.74, 6) is 0.714. The van der Waals surface area contributed by atoms with E-state index >= 15 is 0 Å². The quantitative estimate of drug-likeness (QED) is 0.868. The lowest BCUT2D eigenvalue weighted by molar-refractivity contribution is 0.0619. The molecule has 1 amide bonds. The number of carbonyl (C=O) groups is 1. The Morgan fingerprint density at radius 3 is 2.78 bits per heavy atom. The molecule has 23 heavy (non-hydrogen) atoms. The molecule has 0 saturated heterocycles. The normalized spacial score (nSPS) is 18.7. The molecule has 1 atom stereocenters. The first kappa shape index (κ1) is 15.9. The van der Waals surface area contributed by atoms with Gasteiger partial charge in [-0.25, -0.2) is 0 Å². The van der Waals surface area contributed by atoms with Crippen LogP contribution in [0, 0.1) is 6.92 Å². The number of hydrogen-bond acceptors (Lipinski definition) is 2. The Kier molecular flexibility index (Phi) is 4.07. The predicted octanol–water partition coefficient (Wildman–Crippen LogP) is 4.68. The van der Waals surface area contributed by atoms with Gasteiger partial charge in [-0.2, -0.15) is 0 Å². The fourth-order valence-electron chi connectivity index (χ4n) is 2.97. The van der Waals surface area contributed by atoms with Crippen LogP contribution in [0.2, 0.25) is 5.02 Å². The van der Waals surface area contributed by atoms with Crippen LogP contribution in [-0.4, -0.2) is 11.5 Å². The summed E-state index contributed by atoms with van der Waals surface area (Å²) in [6.07, 6.45) is 0.718.